The van der Waals surface area contributed by atoms with E-state index in [0.29, 0.717) is 57.8 Å². The number of hydrogen-bond acceptors (Lipinski definition) is 6. The Morgan fingerprint density at radius 3 is 1.65 bits per heavy atom. The van der Waals surface area contributed by atoms with Gasteiger partial charge in [-0.3, -0.25) is 29.6 Å². The minimum absolute atomic E-state index is 0.149. The standard InChI is InChI=1S/C44H52N2O6/c1-44(31-34-16-6-3-7-17-34,41(48)23-9-11-25-43(50)46-52)32-36-19-13-21-38(30-36)37-20-12-18-35(28-37)29-39(27-26-33-14-4-2-5-15-33)40(47)22-8-10-24-42(49)45-51/h2-7,12-21,28,30,39,51-52H,8-11,22-27,29,31-32H2,1H3,(H,45,49)(H,46,50)/t39?,44-/m0/s1. The van der Waals surface area contributed by atoms with Crippen LogP contribution in [-0.2, 0) is 44.9 Å². The molecule has 274 valence electrons. The molecule has 0 spiro atoms. The van der Waals surface area contributed by atoms with E-state index in [1.807, 2.05) is 67.6 Å². The molecule has 0 heterocycles. The lowest BCUT2D eigenvalue weighted by Crippen LogP contribution is -2.33. The number of nitrogens with one attached hydrogen (secondary N) is 2. The van der Waals surface area contributed by atoms with Gasteiger partial charge < -0.3 is 0 Å². The number of Topliss-reactive ketones (excluding diaryl/α,β-unsaturated/α-hetero) is 2. The molecule has 0 aliphatic carbocycles. The smallest absolute Gasteiger partial charge is 0.243 e. The summed E-state index contributed by atoms with van der Waals surface area (Å²) >= 11 is 0. The number of carbonyl (C=O) groups is 4. The monoisotopic (exact) mass is 704 g/mol. The van der Waals surface area contributed by atoms with E-state index >= 15 is 0 Å². The Bertz CT molecular complexity index is 1740. The third kappa shape index (κ3) is 13.0. The number of aryl methyl sites for hydroxylation is 1. The quantitative estimate of drug-likeness (QED) is 0.0370. The fourth-order valence-corrected chi connectivity index (χ4v) is 6.92. The summed E-state index contributed by atoms with van der Waals surface area (Å²) in [6.45, 7) is 2.03. The third-order valence-corrected chi connectivity index (χ3v) is 9.84. The average Bonchev–Trinajstić information content (AvgIpc) is 3.17. The molecule has 4 aromatic carbocycles. The van der Waals surface area contributed by atoms with Crippen molar-refractivity contribution in [2.24, 2.45) is 11.3 Å². The Kier molecular flexibility index (Phi) is 16.0. The predicted molar refractivity (Wildman–Crippen MR) is 203 cm³/mol. The van der Waals surface area contributed by atoms with E-state index in [4.69, 9.17) is 10.4 Å². The van der Waals surface area contributed by atoms with Crippen LogP contribution in [0.4, 0.5) is 0 Å². The van der Waals surface area contributed by atoms with Gasteiger partial charge in [0.15, 0.2) is 0 Å². The summed E-state index contributed by atoms with van der Waals surface area (Å²) in [5.41, 5.74) is 9.15. The Hall–Kier alpha value is -4.92. The summed E-state index contributed by atoms with van der Waals surface area (Å²) in [6, 6.07) is 36.9. The molecule has 0 radical (unpaired) electrons. The van der Waals surface area contributed by atoms with Crippen LogP contribution in [0.1, 0.15) is 87.0 Å². The summed E-state index contributed by atoms with van der Waals surface area (Å²) in [7, 11) is 0. The van der Waals surface area contributed by atoms with Crippen LogP contribution in [0.2, 0.25) is 0 Å². The molecular weight excluding hydrogens is 652 g/mol. The Labute approximate surface area is 307 Å². The first-order valence-electron chi connectivity index (χ1n) is 18.4. The Balaban J connectivity index is 1.50. The van der Waals surface area contributed by atoms with Gasteiger partial charge in [0.05, 0.1) is 0 Å². The summed E-state index contributed by atoms with van der Waals surface area (Å²) in [5.74, 6) is -0.723. The second-order valence-electron chi connectivity index (χ2n) is 14.1. The normalized spacial score (nSPS) is 12.8. The molecule has 8 nitrogen and oxygen atoms in total. The second-order valence-corrected chi connectivity index (χ2v) is 14.1. The molecule has 2 amide bonds. The van der Waals surface area contributed by atoms with Crippen molar-refractivity contribution in [3.63, 3.8) is 0 Å². The van der Waals surface area contributed by atoms with Gasteiger partial charge in [0, 0.05) is 37.0 Å². The summed E-state index contributed by atoms with van der Waals surface area (Å²) in [6.07, 6.45) is 6.60. The zero-order valence-corrected chi connectivity index (χ0v) is 30.2. The average molecular weight is 705 g/mol. The van der Waals surface area contributed by atoms with Crippen molar-refractivity contribution in [1.29, 1.82) is 0 Å². The van der Waals surface area contributed by atoms with Gasteiger partial charge in [-0.1, -0.05) is 116 Å². The summed E-state index contributed by atoms with van der Waals surface area (Å²) in [5, 5.41) is 17.6. The molecule has 0 saturated carbocycles. The van der Waals surface area contributed by atoms with E-state index < -0.39 is 17.2 Å². The molecule has 4 aromatic rings. The second kappa shape index (κ2) is 20.8. The number of amides is 2. The summed E-state index contributed by atoms with van der Waals surface area (Å²) in [4.78, 5) is 50.2. The van der Waals surface area contributed by atoms with Gasteiger partial charge in [-0.05, 0) is 91.2 Å². The van der Waals surface area contributed by atoms with Crippen LogP contribution in [0, 0.1) is 11.3 Å². The van der Waals surface area contributed by atoms with Crippen molar-refractivity contribution in [2.45, 2.75) is 90.4 Å². The summed E-state index contributed by atoms with van der Waals surface area (Å²) < 4.78 is 0. The highest BCUT2D eigenvalue weighted by Crippen LogP contribution is 2.33. The zero-order chi connectivity index (χ0) is 37.2. The molecule has 0 aliphatic heterocycles. The number of hydrogen-bond donors (Lipinski definition) is 4. The van der Waals surface area contributed by atoms with Crippen LogP contribution in [0.15, 0.2) is 109 Å². The maximum absolute atomic E-state index is 13.8. The number of hydroxylamine groups is 2. The van der Waals surface area contributed by atoms with Crippen LogP contribution in [0.3, 0.4) is 0 Å². The van der Waals surface area contributed by atoms with E-state index in [1.54, 1.807) is 11.0 Å². The van der Waals surface area contributed by atoms with Crippen LogP contribution >= 0.6 is 0 Å². The first-order valence-corrected chi connectivity index (χ1v) is 18.4. The predicted octanol–water partition coefficient (Wildman–Crippen LogP) is 8.21. The fraction of sp³-hybridized carbons (Fsp3) is 0.364. The van der Waals surface area contributed by atoms with E-state index in [1.165, 1.54) is 5.56 Å². The molecule has 2 atom stereocenters. The van der Waals surface area contributed by atoms with Crippen LogP contribution < -0.4 is 11.0 Å². The van der Waals surface area contributed by atoms with Gasteiger partial charge in [-0.15, -0.1) is 0 Å². The van der Waals surface area contributed by atoms with Crippen molar-refractivity contribution in [2.75, 3.05) is 0 Å². The SMILES string of the molecule is C[C@](Cc1ccccc1)(Cc1cccc(-c2cccc(CC(CCc3ccccc3)C(=O)CCCCC(=O)NO)c2)c1)C(=O)CCCCC(=O)NO. The molecule has 52 heavy (non-hydrogen) atoms. The van der Waals surface area contributed by atoms with Crippen molar-refractivity contribution in [1.82, 2.24) is 11.0 Å². The number of ketones is 2. The van der Waals surface area contributed by atoms with Gasteiger partial charge in [-0.25, -0.2) is 11.0 Å². The van der Waals surface area contributed by atoms with E-state index in [0.717, 1.165) is 40.7 Å². The highest BCUT2D eigenvalue weighted by molar-refractivity contribution is 5.85. The lowest BCUT2D eigenvalue weighted by molar-refractivity contribution is -0.130. The van der Waals surface area contributed by atoms with Gasteiger partial charge in [-0.2, -0.15) is 0 Å². The molecule has 0 bridgehead atoms. The first kappa shape index (κ1) is 39.9. The van der Waals surface area contributed by atoms with Crippen molar-refractivity contribution < 1.29 is 29.6 Å². The minimum Gasteiger partial charge on any atom is -0.299 e. The molecule has 0 saturated heterocycles. The fourth-order valence-electron chi connectivity index (χ4n) is 6.92. The number of rotatable bonds is 22. The Morgan fingerprint density at radius 1 is 0.577 bits per heavy atom. The van der Waals surface area contributed by atoms with E-state index in [9.17, 15) is 19.2 Å². The highest BCUT2D eigenvalue weighted by Gasteiger charge is 2.33. The van der Waals surface area contributed by atoms with Crippen molar-refractivity contribution >= 4 is 23.4 Å². The molecule has 0 aromatic heterocycles. The lowest BCUT2D eigenvalue weighted by Gasteiger charge is -2.29. The lowest BCUT2D eigenvalue weighted by atomic mass is 9.73. The van der Waals surface area contributed by atoms with Crippen molar-refractivity contribution in [3.05, 3.63) is 131 Å². The third-order valence-electron chi connectivity index (χ3n) is 9.84. The topological polar surface area (TPSA) is 133 Å². The van der Waals surface area contributed by atoms with Crippen LogP contribution in [0.5, 0.6) is 0 Å². The molecule has 0 aliphatic rings. The molecule has 4 N–H and O–H groups in total. The van der Waals surface area contributed by atoms with Gasteiger partial charge in [0.25, 0.3) is 0 Å². The number of carbonyl (C=O) groups excluding carboxylic acids is 4. The van der Waals surface area contributed by atoms with Crippen LogP contribution in [0.25, 0.3) is 11.1 Å². The van der Waals surface area contributed by atoms with Crippen LogP contribution in [-0.4, -0.2) is 33.8 Å². The van der Waals surface area contributed by atoms with Gasteiger partial charge in [0.1, 0.15) is 11.6 Å². The Morgan fingerprint density at radius 2 is 1.06 bits per heavy atom. The number of unbranched alkanes of at least 4 members (excludes halogenated alkanes) is 2. The molecule has 8 heteroatoms. The minimum atomic E-state index is -0.657. The molecule has 0 fully saturated rings. The van der Waals surface area contributed by atoms with E-state index in [-0.39, 0.29) is 30.3 Å². The van der Waals surface area contributed by atoms with Crippen molar-refractivity contribution in [3.8, 4) is 11.1 Å². The molecule has 1 unspecified atom stereocenters. The molecule has 4 rings (SSSR count). The maximum Gasteiger partial charge on any atom is 0.243 e. The molecular formula is C44H52N2O6. The zero-order valence-electron chi connectivity index (χ0n) is 30.2. The maximum atomic E-state index is 13.8. The number of benzene rings is 4. The highest BCUT2D eigenvalue weighted by atomic mass is 16.5. The van der Waals surface area contributed by atoms with E-state index in [2.05, 4.69) is 48.5 Å². The first-order chi connectivity index (χ1) is 25.2. The van der Waals surface area contributed by atoms with Gasteiger partial charge >= 0.3 is 0 Å². The largest absolute Gasteiger partial charge is 0.299 e. The van der Waals surface area contributed by atoms with Gasteiger partial charge in [0.2, 0.25) is 11.8 Å².